The van der Waals surface area contributed by atoms with Crippen molar-refractivity contribution in [1.29, 1.82) is 0 Å². The number of anilines is 1. The van der Waals surface area contributed by atoms with Crippen molar-refractivity contribution in [3.63, 3.8) is 0 Å². The van der Waals surface area contributed by atoms with Crippen LogP contribution < -0.4 is 9.64 Å². The first-order valence-electron chi connectivity index (χ1n) is 14.3. The summed E-state index contributed by atoms with van der Waals surface area (Å²) in [5.74, 6) is 0.411. The van der Waals surface area contributed by atoms with Crippen LogP contribution in [0.1, 0.15) is 44.9 Å². The maximum Gasteiger partial charge on any atom is 0.319 e. The predicted octanol–water partition coefficient (Wildman–Crippen LogP) is 6.12. The molecule has 0 spiro atoms. The minimum atomic E-state index is -0.567. The Kier molecular flexibility index (Phi) is 5.31. The Morgan fingerprint density at radius 1 is 0.974 bits per heavy atom. The Balaban J connectivity index is 1.26. The number of hydrogen-bond donors (Lipinski definition) is 0. The lowest BCUT2D eigenvalue weighted by atomic mass is 9.95. The van der Waals surface area contributed by atoms with E-state index < -0.39 is 11.6 Å². The van der Waals surface area contributed by atoms with Crippen LogP contribution in [0.5, 0.6) is 6.01 Å². The van der Waals surface area contributed by atoms with Gasteiger partial charge in [-0.05, 0) is 75.4 Å². The third-order valence-electron chi connectivity index (χ3n) is 9.57. The van der Waals surface area contributed by atoms with Crippen LogP contribution in [0, 0.1) is 17.6 Å². The normalized spacial score (nSPS) is 23.8. The number of hydrogen-bond acceptors (Lipinski definition) is 6. The number of pyridine rings is 1. The van der Waals surface area contributed by atoms with Gasteiger partial charge in [0.25, 0.3) is 0 Å². The number of piperidine rings is 1. The van der Waals surface area contributed by atoms with Gasteiger partial charge in [0.1, 0.15) is 29.5 Å². The van der Waals surface area contributed by atoms with Crippen LogP contribution in [0.4, 0.5) is 14.6 Å². The van der Waals surface area contributed by atoms with Crippen molar-refractivity contribution in [2.45, 2.75) is 56.5 Å². The molecule has 2 atom stereocenters. The Hall–Kier alpha value is -3.39. The SMILES string of the molecule is Fc1c(-c2cccc3cccc(F)c23)ncc2c(N3CCCC4CC43)nc(OCC34CCCN3CCC4)nc12. The van der Waals surface area contributed by atoms with Gasteiger partial charge >= 0.3 is 6.01 Å². The Morgan fingerprint density at radius 3 is 2.64 bits per heavy atom. The van der Waals surface area contributed by atoms with E-state index in [2.05, 4.69) is 19.8 Å². The summed E-state index contributed by atoms with van der Waals surface area (Å²) < 4.78 is 37.7. The van der Waals surface area contributed by atoms with Crippen molar-refractivity contribution >= 4 is 27.5 Å². The minimum absolute atomic E-state index is 0.0353. The molecule has 0 bridgehead atoms. The second-order valence-corrected chi connectivity index (χ2v) is 11.8. The first-order valence-corrected chi connectivity index (χ1v) is 14.3. The minimum Gasteiger partial charge on any atom is -0.461 e. The van der Waals surface area contributed by atoms with Crippen molar-refractivity contribution in [2.75, 3.05) is 31.1 Å². The van der Waals surface area contributed by atoms with Gasteiger partial charge in [0.2, 0.25) is 0 Å². The summed E-state index contributed by atoms with van der Waals surface area (Å²) in [4.78, 5) is 18.9. The molecule has 1 aliphatic carbocycles. The van der Waals surface area contributed by atoms with E-state index in [-0.39, 0.29) is 22.8 Å². The van der Waals surface area contributed by atoms with Gasteiger partial charge in [-0.2, -0.15) is 9.97 Å². The van der Waals surface area contributed by atoms with E-state index in [9.17, 15) is 4.39 Å². The van der Waals surface area contributed by atoms with E-state index in [1.54, 1.807) is 24.4 Å². The highest BCUT2D eigenvalue weighted by molar-refractivity contribution is 5.99. The maximum absolute atomic E-state index is 16.4. The van der Waals surface area contributed by atoms with Gasteiger partial charge in [0.05, 0.1) is 10.9 Å². The van der Waals surface area contributed by atoms with Gasteiger partial charge in [-0.15, -0.1) is 0 Å². The van der Waals surface area contributed by atoms with Gasteiger partial charge in [-0.3, -0.25) is 9.88 Å². The molecule has 39 heavy (non-hydrogen) atoms. The molecule has 3 saturated heterocycles. The van der Waals surface area contributed by atoms with Crippen LogP contribution >= 0.6 is 0 Å². The maximum atomic E-state index is 16.4. The van der Waals surface area contributed by atoms with Crippen LogP contribution in [-0.4, -0.2) is 57.7 Å². The fourth-order valence-electron chi connectivity index (χ4n) is 7.52. The number of benzene rings is 2. The summed E-state index contributed by atoms with van der Waals surface area (Å²) in [7, 11) is 0. The van der Waals surface area contributed by atoms with E-state index in [0.29, 0.717) is 46.1 Å². The molecule has 2 aromatic heterocycles. The zero-order valence-electron chi connectivity index (χ0n) is 21.9. The van der Waals surface area contributed by atoms with E-state index in [1.807, 2.05) is 12.1 Å². The largest absolute Gasteiger partial charge is 0.461 e. The molecule has 3 aliphatic heterocycles. The highest BCUT2D eigenvalue weighted by Gasteiger charge is 2.46. The first kappa shape index (κ1) is 23.5. The molecule has 2 aromatic carbocycles. The van der Waals surface area contributed by atoms with Crippen LogP contribution in [0.25, 0.3) is 32.9 Å². The van der Waals surface area contributed by atoms with Crippen molar-refractivity contribution in [3.05, 3.63) is 54.2 Å². The third kappa shape index (κ3) is 3.71. The zero-order chi connectivity index (χ0) is 26.1. The molecular weight excluding hydrogens is 496 g/mol. The molecule has 0 radical (unpaired) electrons. The van der Waals surface area contributed by atoms with Crippen LogP contribution in [-0.2, 0) is 0 Å². The van der Waals surface area contributed by atoms with Crippen LogP contribution in [0.2, 0.25) is 0 Å². The van der Waals surface area contributed by atoms with E-state index in [1.165, 1.54) is 25.3 Å². The van der Waals surface area contributed by atoms with Crippen LogP contribution in [0.3, 0.4) is 0 Å². The molecular formula is C31H31F2N5O. The Morgan fingerprint density at radius 2 is 1.79 bits per heavy atom. The first-order chi connectivity index (χ1) is 19.1. The number of nitrogens with zero attached hydrogens (tertiary/aromatic N) is 5. The standard InChI is InChI=1S/C31H31F2N5O/c32-23-10-2-7-19-6-1-9-21(25(19)23)27-26(33)28-22(17-34-27)29(38-15-3-8-20-16-24(20)38)36-30(35-28)39-18-31-11-4-13-37(31)14-5-12-31/h1-2,6-7,9-10,17,20,24H,3-5,8,11-16,18H2. The lowest BCUT2D eigenvalue weighted by Crippen LogP contribution is -2.43. The Labute approximate surface area is 226 Å². The molecule has 8 heteroatoms. The van der Waals surface area contributed by atoms with Gasteiger partial charge in [-0.25, -0.2) is 8.78 Å². The Bertz CT molecular complexity index is 1590. The molecule has 1 saturated carbocycles. The fourth-order valence-corrected chi connectivity index (χ4v) is 7.52. The molecule has 4 aromatic rings. The van der Waals surface area contributed by atoms with Crippen molar-refractivity contribution in [1.82, 2.24) is 19.9 Å². The molecule has 0 N–H and O–H groups in total. The molecule has 5 heterocycles. The third-order valence-corrected chi connectivity index (χ3v) is 9.57. The lowest BCUT2D eigenvalue weighted by Gasteiger charge is -2.32. The molecule has 4 fully saturated rings. The number of halogens is 2. The fraction of sp³-hybridized carbons (Fsp3) is 0.452. The molecule has 2 unspecified atom stereocenters. The second kappa shape index (κ2) is 8.81. The van der Waals surface area contributed by atoms with Gasteiger partial charge in [-0.1, -0.05) is 30.3 Å². The summed E-state index contributed by atoms with van der Waals surface area (Å²) >= 11 is 0. The number of fused-ring (bicyclic) bond motifs is 4. The molecule has 0 amide bonds. The van der Waals surface area contributed by atoms with Crippen molar-refractivity contribution in [3.8, 4) is 17.3 Å². The number of aromatic nitrogens is 3. The summed E-state index contributed by atoms with van der Waals surface area (Å²) in [6, 6.07) is 10.9. The van der Waals surface area contributed by atoms with Crippen LogP contribution in [0.15, 0.2) is 42.6 Å². The zero-order valence-corrected chi connectivity index (χ0v) is 21.9. The van der Waals surface area contributed by atoms with E-state index in [4.69, 9.17) is 9.72 Å². The quantitative estimate of drug-likeness (QED) is 0.312. The molecule has 4 aliphatic rings. The monoisotopic (exact) mass is 527 g/mol. The summed E-state index contributed by atoms with van der Waals surface area (Å²) in [5.41, 5.74) is 0.726. The predicted molar refractivity (Wildman–Crippen MR) is 147 cm³/mol. The highest BCUT2D eigenvalue weighted by atomic mass is 19.1. The van der Waals surface area contributed by atoms with Crippen molar-refractivity contribution in [2.24, 2.45) is 5.92 Å². The second-order valence-electron chi connectivity index (χ2n) is 11.8. The summed E-state index contributed by atoms with van der Waals surface area (Å²) in [6.45, 7) is 3.60. The highest BCUT2D eigenvalue weighted by Crippen LogP contribution is 2.47. The van der Waals surface area contributed by atoms with E-state index in [0.717, 1.165) is 45.3 Å². The molecule has 6 nitrogen and oxygen atoms in total. The molecule has 200 valence electrons. The summed E-state index contributed by atoms with van der Waals surface area (Å²) in [6.07, 6.45) is 9.69. The number of ether oxygens (including phenoxy) is 1. The lowest BCUT2D eigenvalue weighted by molar-refractivity contribution is 0.108. The average molecular weight is 528 g/mol. The topological polar surface area (TPSA) is 54.4 Å². The van der Waals surface area contributed by atoms with Gasteiger partial charge < -0.3 is 9.64 Å². The average Bonchev–Trinajstić information content (AvgIpc) is 3.49. The van der Waals surface area contributed by atoms with Gasteiger partial charge in [0, 0.05) is 29.7 Å². The summed E-state index contributed by atoms with van der Waals surface area (Å²) in [5, 5.41) is 1.64. The van der Waals surface area contributed by atoms with Gasteiger partial charge in [0.15, 0.2) is 5.82 Å². The van der Waals surface area contributed by atoms with Crippen molar-refractivity contribution < 1.29 is 13.5 Å². The van der Waals surface area contributed by atoms with E-state index >= 15 is 4.39 Å². The number of rotatable bonds is 5. The smallest absolute Gasteiger partial charge is 0.319 e. The molecule has 8 rings (SSSR count).